The number of hydrogen-bond donors (Lipinski definition) is 1. The Morgan fingerprint density at radius 3 is 2.43 bits per heavy atom. The Balaban J connectivity index is 2.67. The van der Waals surface area contributed by atoms with Gasteiger partial charge in [0.1, 0.15) is 5.78 Å². The summed E-state index contributed by atoms with van der Waals surface area (Å²) >= 11 is 2.27. The highest BCUT2D eigenvalue weighted by Crippen LogP contribution is 2.09. The molecular weight excluding hydrogens is 289 g/mol. The van der Waals surface area contributed by atoms with Crippen LogP contribution in [-0.4, -0.2) is 18.9 Å². The summed E-state index contributed by atoms with van der Waals surface area (Å²) in [5.41, 5.74) is 1.19. The molecule has 0 spiro atoms. The molecule has 0 saturated heterocycles. The van der Waals surface area contributed by atoms with Gasteiger partial charge >= 0.3 is 0 Å². The molecule has 1 unspecified atom stereocenters. The molecule has 14 heavy (non-hydrogen) atoms. The number of carbonyl (C=O) groups excluding carboxylic acids is 1. The Kier molecular flexibility index (Phi) is 4.54. The number of rotatable bonds is 4. The zero-order chi connectivity index (χ0) is 10.6. The van der Waals surface area contributed by atoms with Gasteiger partial charge in [0.2, 0.25) is 0 Å². The maximum atomic E-state index is 11.2. The molecule has 0 aliphatic heterocycles. The van der Waals surface area contributed by atoms with Crippen LogP contribution in [-0.2, 0) is 11.2 Å². The van der Waals surface area contributed by atoms with Crippen LogP contribution in [0.4, 0.5) is 0 Å². The standard InChI is InChI=1S/C11H14INO/c1-8(14)11(13-2)7-9-3-5-10(12)6-4-9/h3-6,11,13H,7H2,1-2H3. The molecule has 0 heterocycles. The van der Waals surface area contributed by atoms with E-state index in [2.05, 4.69) is 52.2 Å². The molecule has 76 valence electrons. The Hall–Kier alpha value is -0.420. The number of halogens is 1. The Labute approximate surface area is 98.2 Å². The molecule has 2 nitrogen and oxygen atoms in total. The lowest BCUT2D eigenvalue weighted by molar-refractivity contribution is -0.118. The molecule has 0 aromatic heterocycles. The Morgan fingerprint density at radius 2 is 2.00 bits per heavy atom. The van der Waals surface area contributed by atoms with Crippen LogP contribution in [0.5, 0.6) is 0 Å². The Morgan fingerprint density at radius 1 is 1.43 bits per heavy atom. The van der Waals surface area contributed by atoms with Gasteiger partial charge in [0.05, 0.1) is 6.04 Å². The largest absolute Gasteiger partial charge is 0.310 e. The van der Waals surface area contributed by atoms with Gasteiger partial charge in [0.25, 0.3) is 0 Å². The third kappa shape index (κ3) is 3.38. The number of nitrogens with one attached hydrogen (secondary N) is 1. The second-order valence-corrected chi connectivity index (χ2v) is 4.53. The van der Waals surface area contributed by atoms with Gasteiger partial charge < -0.3 is 5.32 Å². The quantitative estimate of drug-likeness (QED) is 0.862. The van der Waals surface area contributed by atoms with Gasteiger partial charge in [-0.15, -0.1) is 0 Å². The molecular formula is C11H14INO. The normalized spacial score (nSPS) is 12.5. The average Bonchev–Trinajstić information content (AvgIpc) is 2.16. The molecule has 0 amide bonds. The monoisotopic (exact) mass is 303 g/mol. The second kappa shape index (κ2) is 5.46. The number of likely N-dealkylation sites (N-methyl/N-ethyl adjacent to an activating group) is 1. The molecule has 1 rings (SSSR count). The summed E-state index contributed by atoms with van der Waals surface area (Å²) in [4.78, 5) is 11.2. The first kappa shape index (κ1) is 11.7. The van der Waals surface area contributed by atoms with E-state index in [4.69, 9.17) is 0 Å². The van der Waals surface area contributed by atoms with E-state index < -0.39 is 0 Å². The predicted octanol–water partition coefficient (Wildman–Crippen LogP) is 2.01. The zero-order valence-corrected chi connectivity index (χ0v) is 10.5. The van der Waals surface area contributed by atoms with E-state index in [-0.39, 0.29) is 11.8 Å². The maximum Gasteiger partial charge on any atom is 0.147 e. The molecule has 0 bridgehead atoms. The van der Waals surface area contributed by atoms with E-state index in [1.165, 1.54) is 9.13 Å². The molecule has 0 fully saturated rings. The van der Waals surface area contributed by atoms with Gasteiger partial charge in [-0.2, -0.15) is 0 Å². The van der Waals surface area contributed by atoms with Crippen LogP contribution in [0.3, 0.4) is 0 Å². The van der Waals surface area contributed by atoms with Crippen molar-refractivity contribution in [1.29, 1.82) is 0 Å². The van der Waals surface area contributed by atoms with E-state index in [1.807, 2.05) is 7.05 Å². The average molecular weight is 303 g/mol. The van der Waals surface area contributed by atoms with E-state index >= 15 is 0 Å². The highest BCUT2D eigenvalue weighted by molar-refractivity contribution is 14.1. The first-order chi connectivity index (χ1) is 6.63. The fourth-order valence-electron chi connectivity index (χ4n) is 1.31. The number of ketones is 1. The van der Waals surface area contributed by atoms with Crippen LogP contribution in [0.1, 0.15) is 12.5 Å². The smallest absolute Gasteiger partial charge is 0.147 e. The fraction of sp³-hybridized carbons (Fsp3) is 0.364. The minimum atomic E-state index is -0.0601. The highest BCUT2D eigenvalue weighted by atomic mass is 127. The maximum absolute atomic E-state index is 11.2. The molecule has 1 atom stereocenters. The van der Waals surface area contributed by atoms with Gasteiger partial charge in [-0.1, -0.05) is 12.1 Å². The van der Waals surface area contributed by atoms with Crippen molar-refractivity contribution in [3.8, 4) is 0 Å². The molecule has 1 aromatic carbocycles. The molecule has 0 radical (unpaired) electrons. The summed E-state index contributed by atoms with van der Waals surface area (Å²) in [6.07, 6.45) is 0.767. The lowest BCUT2D eigenvalue weighted by atomic mass is 10.0. The molecule has 0 aliphatic carbocycles. The molecule has 1 aromatic rings. The van der Waals surface area contributed by atoms with E-state index in [0.29, 0.717) is 0 Å². The van der Waals surface area contributed by atoms with E-state index in [9.17, 15) is 4.79 Å². The Bertz CT molecular complexity index is 308. The van der Waals surface area contributed by atoms with Crippen LogP contribution in [0.2, 0.25) is 0 Å². The van der Waals surface area contributed by atoms with Crippen LogP contribution >= 0.6 is 22.6 Å². The number of benzene rings is 1. The summed E-state index contributed by atoms with van der Waals surface area (Å²) in [6.45, 7) is 1.62. The summed E-state index contributed by atoms with van der Waals surface area (Å²) < 4.78 is 1.22. The SMILES string of the molecule is CNC(Cc1ccc(I)cc1)C(C)=O. The van der Waals surface area contributed by atoms with Gasteiger partial charge in [-0.05, 0) is 60.7 Å². The van der Waals surface area contributed by atoms with Crippen molar-refractivity contribution in [2.75, 3.05) is 7.05 Å². The fourth-order valence-corrected chi connectivity index (χ4v) is 1.66. The zero-order valence-electron chi connectivity index (χ0n) is 8.38. The lowest BCUT2D eigenvalue weighted by Crippen LogP contribution is -2.34. The predicted molar refractivity (Wildman–Crippen MR) is 66.4 cm³/mol. The summed E-state index contributed by atoms with van der Waals surface area (Å²) in [7, 11) is 1.82. The second-order valence-electron chi connectivity index (χ2n) is 3.28. The van der Waals surface area contributed by atoms with Gasteiger partial charge in [-0.3, -0.25) is 4.79 Å². The summed E-state index contributed by atoms with van der Waals surface area (Å²) in [6, 6.07) is 8.19. The van der Waals surface area contributed by atoms with Gasteiger partial charge in [0.15, 0.2) is 0 Å². The first-order valence-corrected chi connectivity index (χ1v) is 5.63. The van der Waals surface area contributed by atoms with Crippen molar-refractivity contribution in [2.45, 2.75) is 19.4 Å². The third-order valence-electron chi connectivity index (χ3n) is 2.19. The molecule has 0 aliphatic rings. The lowest BCUT2D eigenvalue weighted by Gasteiger charge is -2.12. The van der Waals surface area contributed by atoms with Crippen LogP contribution in [0, 0.1) is 3.57 Å². The van der Waals surface area contributed by atoms with E-state index in [0.717, 1.165) is 6.42 Å². The third-order valence-corrected chi connectivity index (χ3v) is 2.91. The number of carbonyl (C=O) groups is 1. The van der Waals surface area contributed by atoms with Crippen molar-refractivity contribution in [3.63, 3.8) is 0 Å². The number of Topliss-reactive ketones (excluding diaryl/α,β-unsaturated/α-hetero) is 1. The highest BCUT2D eigenvalue weighted by Gasteiger charge is 2.11. The van der Waals surface area contributed by atoms with Crippen molar-refractivity contribution >= 4 is 28.4 Å². The molecule has 3 heteroatoms. The van der Waals surface area contributed by atoms with Crippen molar-refractivity contribution in [2.24, 2.45) is 0 Å². The van der Waals surface area contributed by atoms with Crippen LogP contribution in [0.25, 0.3) is 0 Å². The van der Waals surface area contributed by atoms with Crippen LogP contribution < -0.4 is 5.32 Å². The molecule has 1 N–H and O–H groups in total. The van der Waals surface area contributed by atoms with Crippen molar-refractivity contribution in [1.82, 2.24) is 5.32 Å². The summed E-state index contributed by atoms with van der Waals surface area (Å²) in [5, 5.41) is 3.01. The van der Waals surface area contributed by atoms with Crippen LogP contribution in [0.15, 0.2) is 24.3 Å². The van der Waals surface area contributed by atoms with Crippen molar-refractivity contribution < 1.29 is 4.79 Å². The number of hydrogen-bond acceptors (Lipinski definition) is 2. The van der Waals surface area contributed by atoms with Gasteiger partial charge in [-0.25, -0.2) is 0 Å². The topological polar surface area (TPSA) is 29.1 Å². The van der Waals surface area contributed by atoms with E-state index in [1.54, 1.807) is 6.92 Å². The van der Waals surface area contributed by atoms with Crippen molar-refractivity contribution in [3.05, 3.63) is 33.4 Å². The first-order valence-electron chi connectivity index (χ1n) is 4.55. The van der Waals surface area contributed by atoms with Gasteiger partial charge in [0, 0.05) is 3.57 Å². The molecule has 0 saturated carbocycles. The minimum Gasteiger partial charge on any atom is -0.310 e. The minimum absolute atomic E-state index is 0.0601. The summed E-state index contributed by atoms with van der Waals surface area (Å²) in [5.74, 6) is 0.186.